The quantitative estimate of drug-likeness (QED) is 0.898. The number of nitrogens with one attached hydrogen (secondary N) is 1. The zero-order valence-electron chi connectivity index (χ0n) is 14.5. The Hall–Kier alpha value is -1.88. The lowest BCUT2D eigenvalue weighted by Crippen LogP contribution is -2.14. The topological polar surface area (TPSA) is 45.2 Å². The lowest BCUT2D eigenvalue weighted by Gasteiger charge is -2.14. The van der Waals surface area contributed by atoms with Crippen LogP contribution in [0.5, 0.6) is 0 Å². The van der Waals surface area contributed by atoms with Gasteiger partial charge >= 0.3 is 0 Å². The molecule has 0 saturated carbocycles. The summed E-state index contributed by atoms with van der Waals surface area (Å²) in [6.07, 6.45) is 1.13. The molecule has 1 aromatic carbocycles. The summed E-state index contributed by atoms with van der Waals surface area (Å²) in [6, 6.07) is 7.83. The fourth-order valence-corrected chi connectivity index (χ4v) is 3.08. The van der Waals surface area contributed by atoms with Gasteiger partial charge in [0.2, 0.25) is 5.91 Å². The minimum atomic E-state index is 0.0233. The number of rotatable bonds is 5. The van der Waals surface area contributed by atoms with E-state index in [1.54, 1.807) is 11.3 Å². The summed E-state index contributed by atoms with van der Waals surface area (Å²) in [5, 5.41) is 6.05. The molecule has 1 aromatic heterocycles. The minimum absolute atomic E-state index is 0.0233. The van der Waals surface area contributed by atoms with E-state index in [1.165, 1.54) is 0 Å². The standard InChI is InChI=1S/C18H25N3OS/c1-18(2,3)15-12-23-17(20-15)11-10-16(22)19-13-6-8-14(9-7-13)21(4)5/h6-9,12H,10-11H2,1-5H3,(H,19,22). The average Bonchev–Trinajstić information content (AvgIpc) is 2.95. The third-order valence-corrected chi connectivity index (χ3v) is 4.46. The van der Waals surface area contributed by atoms with E-state index < -0.39 is 0 Å². The lowest BCUT2D eigenvalue weighted by atomic mass is 9.93. The van der Waals surface area contributed by atoms with Crippen LogP contribution in [0.25, 0.3) is 0 Å². The number of amides is 1. The Bertz CT molecular complexity index is 654. The lowest BCUT2D eigenvalue weighted by molar-refractivity contribution is -0.116. The number of aryl methyl sites for hydroxylation is 1. The maximum atomic E-state index is 12.1. The molecule has 1 amide bonds. The van der Waals surface area contributed by atoms with Crippen LogP contribution in [-0.4, -0.2) is 25.0 Å². The molecule has 0 fully saturated rings. The molecule has 0 radical (unpaired) electrons. The predicted molar refractivity (Wildman–Crippen MR) is 98.5 cm³/mol. The first-order valence-electron chi connectivity index (χ1n) is 7.78. The molecular formula is C18H25N3OS. The molecule has 124 valence electrons. The number of benzene rings is 1. The van der Waals surface area contributed by atoms with Gasteiger partial charge in [-0.05, 0) is 24.3 Å². The molecule has 23 heavy (non-hydrogen) atoms. The molecule has 2 aromatic rings. The first-order chi connectivity index (χ1) is 10.8. The molecule has 0 spiro atoms. The van der Waals surface area contributed by atoms with E-state index in [4.69, 9.17) is 0 Å². The number of carbonyl (C=O) groups is 1. The normalized spacial score (nSPS) is 11.3. The molecule has 0 saturated heterocycles. The summed E-state index contributed by atoms with van der Waals surface area (Å²) in [5.74, 6) is 0.0233. The number of anilines is 2. The third kappa shape index (κ3) is 5.06. The third-order valence-electron chi connectivity index (χ3n) is 3.55. The van der Waals surface area contributed by atoms with Crippen LogP contribution in [0.3, 0.4) is 0 Å². The first-order valence-corrected chi connectivity index (χ1v) is 8.66. The predicted octanol–water partition coefficient (Wildman–Crippen LogP) is 4.08. The molecule has 1 N–H and O–H groups in total. The maximum absolute atomic E-state index is 12.1. The number of hydrogen-bond acceptors (Lipinski definition) is 4. The largest absolute Gasteiger partial charge is 0.378 e. The molecule has 0 unspecified atom stereocenters. The average molecular weight is 331 g/mol. The van der Waals surface area contributed by atoms with E-state index in [0.29, 0.717) is 12.8 Å². The summed E-state index contributed by atoms with van der Waals surface area (Å²) in [7, 11) is 3.99. The van der Waals surface area contributed by atoms with Crippen molar-refractivity contribution in [2.45, 2.75) is 39.0 Å². The fourth-order valence-electron chi connectivity index (χ4n) is 2.06. The maximum Gasteiger partial charge on any atom is 0.224 e. The van der Waals surface area contributed by atoms with E-state index in [-0.39, 0.29) is 11.3 Å². The summed E-state index contributed by atoms with van der Waals surface area (Å²) < 4.78 is 0. The van der Waals surface area contributed by atoms with Gasteiger partial charge in [0.15, 0.2) is 0 Å². The van der Waals surface area contributed by atoms with E-state index in [2.05, 4.69) is 36.5 Å². The Morgan fingerprint density at radius 1 is 1.22 bits per heavy atom. The van der Waals surface area contributed by atoms with Crippen LogP contribution in [0, 0.1) is 0 Å². The van der Waals surface area contributed by atoms with E-state index >= 15 is 0 Å². The van der Waals surface area contributed by atoms with Crippen LogP contribution in [0.15, 0.2) is 29.6 Å². The summed E-state index contributed by atoms with van der Waals surface area (Å²) in [4.78, 5) is 18.7. The SMILES string of the molecule is CN(C)c1ccc(NC(=O)CCc2nc(C(C)(C)C)cs2)cc1. The number of nitrogens with zero attached hydrogens (tertiary/aromatic N) is 2. The molecule has 4 nitrogen and oxygen atoms in total. The van der Waals surface area contributed by atoms with Crippen molar-refractivity contribution in [3.8, 4) is 0 Å². The van der Waals surface area contributed by atoms with Crippen LogP contribution in [-0.2, 0) is 16.6 Å². The highest BCUT2D eigenvalue weighted by Gasteiger charge is 2.17. The smallest absolute Gasteiger partial charge is 0.224 e. The van der Waals surface area contributed by atoms with Gasteiger partial charge in [0, 0.05) is 49.1 Å². The molecule has 0 aliphatic rings. The van der Waals surface area contributed by atoms with Crippen molar-refractivity contribution in [3.63, 3.8) is 0 Å². The highest BCUT2D eigenvalue weighted by atomic mass is 32.1. The second-order valence-corrected chi connectivity index (χ2v) is 7.81. The monoisotopic (exact) mass is 331 g/mol. The van der Waals surface area contributed by atoms with Crippen LogP contribution < -0.4 is 10.2 Å². The van der Waals surface area contributed by atoms with Crippen molar-refractivity contribution < 1.29 is 4.79 Å². The molecular weight excluding hydrogens is 306 g/mol. The molecule has 0 bridgehead atoms. The van der Waals surface area contributed by atoms with Gasteiger partial charge in [-0.15, -0.1) is 11.3 Å². The molecule has 0 aliphatic heterocycles. The van der Waals surface area contributed by atoms with Gasteiger partial charge in [0.05, 0.1) is 10.7 Å². The summed E-state index contributed by atoms with van der Waals surface area (Å²) in [6.45, 7) is 6.45. The van der Waals surface area contributed by atoms with E-state index in [9.17, 15) is 4.79 Å². The van der Waals surface area contributed by atoms with Crippen molar-refractivity contribution >= 4 is 28.6 Å². The zero-order valence-corrected chi connectivity index (χ0v) is 15.3. The van der Waals surface area contributed by atoms with Gasteiger partial charge in [0.1, 0.15) is 0 Å². The molecule has 1 heterocycles. The molecule has 5 heteroatoms. The summed E-state index contributed by atoms with van der Waals surface area (Å²) >= 11 is 1.63. The highest BCUT2D eigenvalue weighted by Crippen LogP contribution is 2.24. The van der Waals surface area contributed by atoms with Gasteiger partial charge < -0.3 is 10.2 Å². The Balaban J connectivity index is 1.86. The first kappa shape index (κ1) is 17.5. The van der Waals surface area contributed by atoms with Crippen LogP contribution in [0.2, 0.25) is 0 Å². The van der Waals surface area contributed by atoms with Crippen molar-refractivity contribution in [2.24, 2.45) is 0 Å². The van der Waals surface area contributed by atoms with Crippen molar-refractivity contribution in [3.05, 3.63) is 40.3 Å². The minimum Gasteiger partial charge on any atom is -0.378 e. The Kier molecular flexibility index (Phi) is 5.42. The van der Waals surface area contributed by atoms with Gasteiger partial charge in [-0.2, -0.15) is 0 Å². The Labute approximate surface area is 142 Å². The summed E-state index contributed by atoms with van der Waals surface area (Å²) in [5.41, 5.74) is 3.10. The van der Waals surface area contributed by atoms with Gasteiger partial charge in [-0.25, -0.2) is 4.98 Å². The van der Waals surface area contributed by atoms with Gasteiger partial charge in [-0.3, -0.25) is 4.79 Å². The molecule has 2 rings (SSSR count). The number of aromatic nitrogens is 1. The van der Waals surface area contributed by atoms with E-state index in [0.717, 1.165) is 22.1 Å². The zero-order chi connectivity index (χ0) is 17.0. The highest BCUT2D eigenvalue weighted by molar-refractivity contribution is 7.09. The van der Waals surface area contributed by atoms with Gasteiger partial charge in [-0.1, -0.05) is 20.8 Å². The van der Waals surface area contributed by atoms with Crippen LogP contribution >= 0.6 is 11.3 Å². The Morgan fingerprint density at radius 3 is 2.39 bits per heavy atom. The van der Waals surface area contributed by atoms with E-state index in [1.807, 2.05) is 43.3 Å². The fraction of sp³-hybridized carbons (Fsp3) is 0.444. The Morgan fingerprint density at radius 2 is 1.87 bits per heavy atom. The molecule has 0 atom stereocenters. The van der Waals surface area contributed by atoms with Crippen molar-refractivity contribution in [1.82, 2.24) is 4.98 Å². The number of thiazole rings is 1. The second kappa shape index (κ2) is 7.13. The van der Waals surface area contributed by atoms with Crippen LogP contribution in [0.4, 0.5) is 11.4 Å². The number of hydrogen-bond donors (Lipinski definition) is 1. The second-order valence-electron chi connectivity index (χ2n) is 6.87. The van der Waals surface area contributed by atoms with Crippen LogP contribution in [0.1, 0.15) is 37.9 Å². The van der Waals surface area contributed by atoms with Crippen molar-refractivity contribution in [1.29, 1.82) is 0 Å². The number of carbonyl (C=O) groups excluding carboxylic acids is 1. The molecule has 0 aliphatic carbocycles. The van der Waals surface area contributed by atoms with Crippen molar-refractivity contribution in [2.75, 3.05) is 24.3 Å². The van der Waals surface area contributed by atoms with Gasteiger partial charge in [0.25, 0.3) is 0 Å².